The topological polar surface area (TPSA) is 39.0 Å². The number of rotatable bonds is 0. The van der Waals surface area contributed by atoms with E-state index in [1.54, 1.807) is 0 Å². The maximum Gasteiger partial charge on any atom is 0.223 e. The van der Waals surface area contributed by atoms with Crippen LogP contribution in [0.2, 0.25) is 0 Å². The highest BCUT2D eigenvalue weighted by atomic mass is 15.3. The zero-order valence-electron chi connectivity index (χ0n) is 13.9. The minimum atomic E-state index is 0.889. The Kier molecular flexibility index (Phi) is 2.18. The second-order valence-corrected chi connectivity index (χ2v) is 6.59. The van der Waals surface area contributed by atoms with Gasteiger partial charge in [-0.15, -0.1) is 0 Å². The average molecular weight is 325 g/mol. The summed E-state index contributed by atoms with van der Waals surface area (Å²) in [5.74, 6) is 1.79. The van der Waals surface area contributed by atoms with Crippen LogP contribution in [0.5, 0.6) is 0 Å². The van der Waals surface area contributed by atoms with E-state index in [1.807, 2.05) is 12.4 Å². The molecule has 0 saturated heterocycles. The molecule has 0 N–H and O–H groups in total. The molecule has 0 fully saturated rings. The van der Waals surface area contributed by atoms with Crippen LogP contribution >= 0.6 is 0 Å². The van der Waals surface area contributed by atoms with Gasteiger partial charge in [0.05, 0.1) is 16.6 Å². The number of hydrogen-bond donors (Lipinski definition) is 0. The first kappa shape index (κ1) is 13.0. The maximum atomic E-state index is 4.91. The molecule has 0 aliphatic heterocycles. The lowest BCUT2D eigenvalue weighted by Crippen LogP contribution is -2.03. The molecular formula is C20H15N5. The van der Waals surface area contributed by atoms with E-state index >= 15 is 0 Å². The van der Waals surface area contributed by atoms with Crippen LogP contribution in [0.4, 0.5) is 0 Å². The van der Waals surface area contributed by atoms with Crippen molar-refractivity contribution >= 4 is 39.1 Å². The van der Waals surface area contributed by atoms with Crippen molar-refractivity contribution in [3.05, 3.63) is 66.0 Å². The Morgan fingerprint density at radius 1 is 0.880 bits per heavy atom. The van der Waals surface area contributed by atoms with Crippen molar-refractivity contribution in [1.29, 1.82) is 0 Å². The van der Waals surface area contributed by atoms with E-state index < -0.39 is 0 Å². The van der Waals surface area contributed by atoms with Gasteiger partial charge in [-0.25, -0.2) is 9.97 Å². The van der Waals surface area contributed by atoms with Crippen molar-refractivity contribution in [3.63, 3.8) is 0 Å². The number of nitrogens with zero attached hydrogens (tertiary/aromatic N) is 5. The van der Waals surface area contributed by atoms with Gasteiger partial charge in [-0.3, -0.25) is 13.2 Å². The Hall–Kier alpha value is -3.34. The van der Waals surface area contributed by atoms with Gasteiger partial charge in [-0.2, -0.15) is 0 Å². The number of fused-ring (bicyclic) bond motifs is 10. The zero-order chi connectivity index (χ0) is 16.7. The summed E-state index contributed by atoms with van der Waals surface area (Å²) in [6.07, 6.45) is 3.82. The van der Waals surface area contributed by atoms with Gasteiger partial charge in [0, 0.05) is 23.3 Å². The molecule has 5 heteroatoms. The molecule has 0 spiro atoms. The van der Waals surface area contributed by atoms with Gasteiger partial charge in [0.15, 0.2) is 0 Å². The molecule has 6 aromatic rings. The highest BCUT2D eigenvalue weighted by Gasteiger charge is 2.19. The minimum absolute atomic E-state index is 0.889. The lowest BCUT2D eigenvalue weighted by Gasteiger charge is -2.07. The van der Waals surface area contributed by atoms with Gasteiger partial charge < -0.3 is 0 Å². The second-order valence-electron chi connectivity index (χ2n) is 6.59. The van der Waals surface area contributed by atoms with Crippen molar-refractivity contribution in [2.24, 2.45) is 0 Å². The first-order valence-electron chi connectivity index (χ1n) is 8.38. The third-order valence-corrected chi connectivity index (χ3v) is 5.21. The molecular weight excluding hydrogens is 310 g/mol. The van der Waals surface area contributed by atoms with Crippen LogP contribution < -0.4 is 0 Å². The average Bonchev–Trinajstić information content (AvgIpc) is 3.30. The van der Waals surface area contributed by atoms with Gasteiger partial charge in [0.2, 0.25) is 11.6 Å². The third kappa shape index (κ3) is 1.40. The van der Waals surface area contributed by atoms with Crippen LogP contribution in [-0.2, 0) is 0 Å². The van der Waals surface area contributed by atoms with E-state index in [2.05, 4.69) is 74.5 Å². The lowest BCUT2D eigenvalue weighted by molar-refractivity contribution is 1.01. The van der Waals surface area contributed by atoms with Crippen molar-refractivity contribution < 1.29 is 0 Å². The summed E-state index contributed by atoms with van der Waals surface area (Å²) in [6.45, 7) is 4.32. The second kappa shape index (κ2) is 4.19. The SMILES string of the molecule is Cc1cccc2nc3n4ccnc4n4c5ccccc5c(C)c4n3c12. The summed E-state index contributed by atoms with van der Waals surface area (Å²) in [4.78, 5) is 9.54. The number of aryl methyl sites for hydroxylation is 2. The molecule has 25 heavy (non-hydrogen) atoms. The largest absolute Gasteiger partial charge is 0.264 e. The van der Waals surface area contributed by atoms with Crippen LogP contribution in [0.3, 0.4) is 0 Å². The first-order chi connectivity index (χ1) is 12.3. The van der Waals surface area contributed by atoms with Crippen LogP contribution in [-0.4, -0.2) is 23.2 Å². The summed E-state index contributed by atoms with van der Waals surface area (Å²) < 4.78 is 6.58. The van der Waals surface area contributed by atoms with Gasteiger partial charge >= 0.3 is 0 Å². The van der Waals surface area contributed by atoms with Crippen LogP contribution in [0.15, 0.2) is 54.9 Å². The van der Waals surface area contributed by atoms with Crippen molar-refractivity contribution in [3.8, 4) is 0 Å². The number of benzene rings is 2. The van der Waals surface area contributed by atoms with Crippen molar-refractivity contribution in [2.75, 3.05) is 0 Å². The molecule has 4 aromatic heterocycles. The van der Waals surface area contributed by atoms with Crippen LogP contribution in [0.25, 0.3) is 39.1 Å². The third-order valence-electron chi connectivity index (χ3n) is 5.21. The van der Waals surface area contributed by atoms with Gasteiger partial charge in [-0.1, -0.05) is 30.3 Å². The van der Waals surface area contributed by atoms with Gasteiger partial charge in [0.25, 0.3) is 0 Å². The summed E-state index contributed by atoms with van der Waals surface area (Å²) in [7, 11) is 0. The fourth-order valence-corrected chi connectivity index (χ4v) is 4.12. The zero-order valence-corrected chi connectivity index (χ0v) is 13.9. The summed E-state index contributed by atoms with van der Waals surface area (Å²) >= 11 is 0. The Labute approximate surface area is 142 Å². The van der Waals surface area contributed by atoms with Gasteiger partial charge in [-0.05, 0) is 31.5 Å². The maximum absolute atomic E-state index is 4.91. The summed E-state index contributed by atoms with van der Waals surface area (Å²) in [6, 6.07) is 14.8. The summed E-state index contributed by atoms with van der Waals surface area (Å²) in [5, 5.41) is 1.25. The van der Waals surface area contributed by atoms with E-state index in [-0.39, 0.29) is 0 Å². The lowest BCUT2D eigenvalue weighted by atomic mass is 10.2. The molecule has 0 atom stereocenters. The Bertz CT molecular complexity index is 1460. The van der Waals surface area contributed by atoms with E-state index in [4.69, 9.17) is 4.98 Å². The van der Waals surface area contributed by atoms with E-state index in [9.17, 15) is 0 Å². The molecule has 0 aliphatic carbocycles. The molecule has 6 rings (SSSR count). The molecule has 4 heterocycles. The predicted octanol–water partition coefficient (Wildman–Crippen LogP) is 4.16. The van der Waals surface area contributed by atoms with E-state index in [0.717, 1.165) is 28.2 Å². The fraction of sp³-hybridized carbons (Fsp3) is 0.100. The molecule has 2 aromatic carbocycles. The molecule has 120 valence electrons. The molecule has 5 nitrogen and oxygen atoms in total. The molecule has 0 unspecified atom stereocenters. The van der Waals surface area contributed by atoms with E-state index in [1.165, 1.54) is 22.0 Å². The molecule has 0 radical (unpaired) electrons. The number of imidazole rings is 2. The Morgan fingerprint density at radius 2 is 1.76 bits per heavy atom. The standard InChI is InChI=1S/C20H15N5/c1-12-6-5-8-15-17(12)25-18-13(2)14-7-3-4-9-16(14)24(18)19-21-10-11-23(19)20(25)22-15/h3-11H,1-2H3. The quantitative estimate of drug-likeness (QED) is 0.421. The molecule has 0 bridgehead atoms. The number of aromatic nitrogens is 5. The van der Waals surface area contributed by atoms with Crippen LogP contribution in [0, 0.1) is 13.8 Å². The fourth-order valence-electron chi connectivity index (χ4n) is 4.12. The van der Waals surface area contributed by atoms with Crippen LogP contribution in [0.1, 0.15) is 11.1 Å². The highest BCUT2D eigenvalue weighted by molar-refractivity contribution is 5.95. The summed E-state index contributed by atoms with van der Waals surface area (Å²) in [5.41, 5.74) is 6.93. The minimum Gasteiger partial charge on any atom is -0.264 e. The smallest absolute Gasteiger partial charge is 0.223 e. The Balaban J connectivity index is 2.12. The van der Waals surface area contributed by atoms with Gasteiger partial charge in [0.1, 0.15) is 5.65 Å². The molecule has 0 saturated carbocycles. The highest BCUT2D eigenvalue weighted by Crippen LogP contribution is 2.31. The monoisotopic (exact) mass is 325 g/mol. The number of hydrogen-bond acceptors (Lipinski definition) is 2. The molecule has 0 amide bonds. The normalized spacial score (nSPS) is 12.4. The predicted molar refractivity (Wildman–Crippen MR) is 99.4 cm³/mol. The van der Waals surface area contributed by atoms with Crippen molar-refractivity contribution in [1.82, 2.24) is 23.2 Å². The van der Waals surface area contributed by atoms with Crippen molar-refractivity contribution in [2.45, 2.75) is 13.8 Å². The first-order valence-corrected chi connectivity index (χ1v) is 8.38. The Morgan fingerprint density at radius 3 is 2.68 bits per heavy atom. The van der Waals surface area contributed by atoms with E-state index in [0.29, 0.717) is 0 Å². The number of para-hydroxylation sites is 2. The molecule has 0 aliphatic rings.